The van der Waals surface area contributed by atoms with Crippen molar-refractivity contribution in [1.29, 1.82) is 0 Å². The molecule has 150 valence electrons. The van der Waals surface area contributed by atoms with Crippen LogP contribution in [0.2, 0.25) is 0 Å². The van der Waals surface area contributed by atoms with Crippen LogP contribution < -0.4 is 10.2 Å². The lowest BCUT2D eigenvalue weighted by Crippen LogP contribution is -2.29. The third-order valence-corrected chi connectivity index (χ3v) is 6.30. The molecule has 3 heterocycles. The van der Waals surface area contributed by atoms with Crippen molar-refractivity contribution in [2.24, 2.45) is 0 Å². The minimum atomic E-state index is -0.129. The number of para-hydroxylation sites is 2. The minimum absolute atomic E-state index is 0.129. The highest BCUT2D eigenvalue weighted by Crippen LogP contribution is 2.47. The van der Waals surface area contributed by atoms with E-state index in [2.05, 4.69) is 68.8 Å². The summed E-state index contributed by atoms with van der Waals surface area (Å²) in [6.07, 6.45) is 4.30. The fraction of sp³-hybridized carbons (Fsp3) is 0.174. The van der Waals surface area contributed by atoms with E-state index in [1.54, 1.807) is 34.7 Å². The van der Waals surface area contributed by atoms with Gasteiger partial charge in [-0.15, -0.1) is 0 Å². The van der Waals surface area contributed by atoms with Crippen LogP contribution >= 0.6 is 11.8 Å². The molecule has 0 bridgehead atoms. The van der Waals surface area contributed by atoms with Gasteiger partial charge in [-0.2, -0.15) is 5.10 Å². The van der Waals surface area contributed by atoms with Crippen LogP contribution in [-0.4, -0.2) is 33.6 Å². The van der Waals surface area contributed by atoms with Crippen LogP contribution in [0.5, 0.6) is 0 Å². The van der Waals surface area contributed by atoms with Crippen molar-refractivity contribution < 1.29 is 4.79 Å². The average molecular weight is 416 g/mol. The lowest BCUT2D eigenvalue weighted by molar-refractivity contribution is 0.0954. The molecule has 1 aliphatic heterocycles. The van der Waals surface area contributed by atoms with E-state index >= 15 is 0 Å². The van der Waals surface area contributed by atoms with E-state index in [0.717, 1.165) is 13.0 Å². The van der Waals surface area contributed by atoms with Gasteiger partial charge in [-0.25, -0.2) is 9.50 Å². The van der Waals surface area contributed by atoms with Gasteiger partial charge < -0.3 is 10.2 Å². The number of nitrogens with zero attached hydrogens (tertiary/aromatic N) is 4. The van der Waals surface area contributed by atoms with Crippen molar-refractivity contribution in [3.05, 3.63) is 78.2 Å². The van der Waals surface area contributed by atoms with Gasteiger partial charge in [0.15, 0.2) is 5.65 Å². The number of fused-ring (bicyclic) bond motifs is 3. The number of carbonyl (C=O) groups excluding carboxylic acids is 1. The number of hydrogen-bond acceptors (Lipinski definition) is 5. The fourth-order valence-electron chi connectivity index (χ4n) is 3.81. The number of aromatic nitrogens is 3. The van der Waals surface area contributed by atoms with Crippen molar-refractivity contribution >= 4 is 34.7 Å². The molecule has 0 saturated carbocycles. The maximum atomic E-state index is 12.8. The van der Waals surface area contributed by atoms with Crippen LogP contribution in [0.25, 0.3) is 5.65 Å². The first kappa shape index (κ1) is 18.7. The lowest BCUT2D eigenvalue weighted by atomic mass is 10.2. The van der Waals surface area contributed by atoms with Crippen molar-refractivity contribution in [1.82, 2.24) is 19.9 Å². The standard InChI is InChI=1S/C23H21N5OS/c1-16-21(22-24-12-7-15-28(22)26-16)23(29)25-13-6-14-27-17-8-2-4-10-19(17)30-20-11-5-3-9-18(20)27/h2-5,7-12,15H,6,13-14H2,1H3,(H,25,29). The van der Waals surface area contributed by atoms with Crippen LogP contribution in [0.15, 0.2) is 76.8 Å². The highest BCUT2D eigenvalue weighted by atomic mass is 32.2. The van der Waals surface area contributed by atoms with Gasteiger partial charge in [-0.3, -0.25) is 4.79 Å². The average Bonchev–Trinajstić information content (AvgIpc) is 3.11. The molecular formula is C23H21N5OS. The number of hydrogen-bond donors (Lipinski definition) is 1. The Balaban J connectivity index is 1.29. The maximum Gasteiger partial charge on any atom is 0.257 e. The Labute approximate surface area is 178 Å². The van der Waals surface area contributed by atoms with E-state index in [1.165, 1.54) is 21.2 Å². The van der Waals surface area contributed by atoms with Crippen molar-refractivity contribution in [3.63, 3.8) is 0 Å². The first-order valence-corrected chi connectivity index (χ1v) is 10.8. The molecule has 30 heavy (non-hydrogen) atoms. The molecule has 0 radical (unpaired) electrons. The highest BCUT2D eigenvalue weighted by molar-refractivity contribution is 7.99. The van der Waals surface area contributed by atoms with Gasteiger partial charge in [-0.05, 0) is 43.7 Å². The zero-order chi connectivity index (χ0) is 20.5. The molecule has 5 rings (SSSR count). The van der Waals surface area contributed by atoms with Gasteiger partial charge in [0.1, 0.15) is 5.56 Å². The number of rotatable bonds is 5. The van der Waals surface area contributed by atoms with E-state index in [0.29, 0.717) is 23.4 Å². The van der Waals surface area contributed by atoms with Crippen LogP contribution in [0.1, 0.15) is 22.5 Å². The van der Waals surface area contributed by atoms with Gasteiger partial charge in [-0.1, -0.05) is 36.0 Å². The smallest absolute Gasteiger partial charge is 0.257 e. The summed E-state index contributed by atoms with van der Waals surface area (Å²) in [6, 6.07) is 18.7. The molecule has 4 aromatic rings. The molecule has 0 atom stereocenters. The molecule has 2 aromatic heterocycles. The molecule has 0 unspecified atom stereocenters. The maximum absolute atomic E-state index is 12.8. The zero-order valence-electron chi connectivity index (χ0n) is 16.6. The third kappa shape index (κ3) is 3.31. The predicted molar refractivity (Wildman–Crippen MR) is 119 cm³/mol. The van der Waals surface area contributed by atoms with E-state index < -0.39 is 0 Å². The largest absolute Gasteiger partial charge is 0.352 e. The Kier molecular flexibility index (Phi) is 4.88. The molecule has 1 aliphatic rings. The molecule has 1 amide bonds. The zero-order valence-corrected chi connectivity index (χ0v) is 17.4. The molecule has 0 fully saturated rings. The number of aryl methyl sites for hydroxylation is 1. The summed E-state index contributed by atoms with van der Waals surface area (Å²) in [6.45, 7) is 3.24. The summed E-state index contributed by atoms with van der Waals surface area (Å²) < 4.78 is 1.64. The summed E-state index contributed by atoms with van der Waals surface area (Å²) in [5, 5.41) is 7.41. The molecule has 0 aliphatic carbocycles. The Morgan fingerprint density at radius 2 is 1.73 bits per heavy atom. The number of anilines is 2. The summed E-state index contributed by atoms with van der Waals surface area (Å²) in [4.78, 5) is 21.9. The molecule has 1 N–H and O–H groups in total. The molecular weight excluding hydrogens is 394 g/mol. The van der Waals surface area contributed by atoms with E-state index in [9.17, 15) is 4.79 Å². The van der Waals surface area contributed by atoms with Gasteiger partial charge in [0.05, 0.1) is 17.1 Å². The van der Waals surface area contributed by atoms with Gasteiger partial charge in [0.2, 0.25) is 0 Å². The number of amides is 1. The van der Waals surface area contributed by atoms with E-state index in [4.69, 9.17) is 0 Å². The number of carbonyl (C=O) groups is 1. The molecule has 2 aromatic carbocycles. The first-order valence-electron chi connectivity index (χ1n) is 9.94. The second-order valence-corrected chi connectivity index (χ2v) is 8.23. The quantitative estimate of drug-likeness (QED) is 0.488. The van der Waals surface area contributed by atoms with E-state index in [-0.39, 0.29) is 5.91 Å². The van der Waals surface area contributed by atoms with Crippen LogP contribution in [0, 0.1) is 6.92 Å². The molecule has 0 saturated heterocycles. The molecule has 0 spiro atoms. The lowest BCUT2D eigenvalue weighted by Gasteiger charge is -2.32. The topological polar surface area (TPSA) is 62.5 Å². The Hall–Kier alpha value is -3.32. The summed E-state index contributed by atoms with van der Waals surface area (Å²) >= 11 is 1.80. The molecule has 7 heteroatoms. The highest BCUT2D eigenvalue weighted by Gasteiger charge is 2.22. The van der Waals surface area contributed by atoms with E-state index in [1.807, 2.05) is 6.92 Å². The second-order valence-electron chi connectivity index (χ2n) is 7.15. The monoisotopic (exact) mass is 415 g/mol. The number of nitrogens with one attached hydrogen (secondary N) is 1. The minimum Gasteiger partial charge on any atom is -0.352 e. The normalized spacial score (nSPS) is 12.5. The van der Waals surface area contributed by atoms with Gasteiger partial charge in [0, 0.05) is 35.3 Å². The second kappa shape index (κ2) is 7.84. The summed E-state index contributed by atoms with van der Waals surface area (Å²) in [5.74, 6) is -0.129. The van der Waals surface area contributed by atoms with Crippen LogP contribution in [-0.2, 0) is 0 Å². The van der Waals surface area contributed by atoms with Crippen LogP contribution in [0.4, 0.5) is 11.4 Å². The van der Waals surface area contributed by atoms with Crippen molar-refractivity contribution in [2.45, 2.75) is 23.1 Å². The SMILES string of the molecule is Cc1nn2cccnc2c1C(=O)NCCCN1c2ccccc2Sc2ccccc21. The Morgan fingerprint density at radius 3 is 2.47 bits per heavy atom. The molecule has 6 nitrogen and oxygen atoms in total. The summed E-state index contributed by atoms with van der Waals surface area (Å²) in [5.41, 5.74) is 4.25. The third-order valence-electron chi connectivity index (χ3n) is 5.17. The summed E-state index contributed by atoms with van der Waals surface area (Å²) in [7, 11) is 0. The fourth-order valence-corrected chi connectivity index (χ4v) is 4.91. The first-order chi connectivity index (χ1) is 14.7. The van der Waals surface area contributed by atoms with Gasteiger partial charge in [0.25, 0.3) is 5.91 Å². The van der Waals surface area contributed by atoms with Crippen LogP contribution in [0.3, 0.4) is 0 Å². The van der Waals surface area contributed by atoms with Crippen molar-refractivity contribution in [2.75, 3.05) is 18.0 Å². The Bertz CT molecular complexity index is 1190. The van der Waals surface area contributed by atoms with Crippen molar-refractivity contribution in [3.8, 4) is 0 Å². The number of benzene rings is 2. The predicted octanol–water partition coefficient (Wildman–Crippen LogP) is 4.46. The Morgan fingerprint density at radius 1 is 1.03 bits per heavy atom. The van der Waals surface area contributed by atoms with Gasteiger partial charge >= 0.3 is 0 Å².